The van der Waals surface area contributed by atoms with Crippen LogP contribution < -0.4 is 38.9 Å². The van der Waals surface area contributed by atoms with Crippen molar-refractivity contribution in [2.45, 2.75) is 43.8 Å². The molecule has 182 valence electrons. The molecule has 0 saturated heterocycles. The largest absolute Gasteiger partial charge is 0.480 e. The van der Waals surface area contributed by atoms with Gasteiger partial charge in [-0.05, 0) is 31.3 Å². The minimum atomic E-state index is -1.36. The number of thioether (sulfide) groups is 1. The van der Waals surface area contributed by atoms with Crippen LogP contribution in [0.15, 0.2) is 4.99 Å². The molecular weight excluding hydrogens is 444 g/mol. The van der Waals surface area contributed by atoms with E-state index < -0.39 is 60.7 Å². The van der Waals surface area contributed by atoms with Crippen LogP contribution in [0, 0.1) is 0 Å². The number of rotatable bonds is 16. The summed E-state index contributed by atoms with van der Waals surface area (Å²) in [6.45, 7) is -0.272. The average Bonchev–Trinajstić information content (AvgIpc) is 2.71. The van der Waals surface area contributed by atoms with Crippen LogP contribution in [0.3, 0.4) is 0 Å². The molecule has 0 aromatic heterocycles. The molecule has 15 heteroatoms. The second-order valence-corrected chi connectivity index (χ2v) is 7.67. The Morgan fingerprint density at radius 2 is 1.53 bits per heavy atom. The number of carbonyl (C=O) groups excluding carboxylic acids is 4. The molecule has 0 aliphatic heterocycles. The lowest BCUT2D eigenvalue weighted by Gasteiger charge is -2.24. The van der Waals surface area contributed by atoms with E-state index in [0.717, 1.165) is 0 Å². The van der Waals surface area contributed by atoms with Crippen molar-refractivity contribution in [3.05, 3.63) is 0 Å². The molecular formula is C17H32N8O6S. The highest BCUT2D eigenvalue weighted by Gasteiger charge is 2.29. The number of carboxylic acid groups (broad SMARTS) is 1. The van der Waals surface area contributed by atoms with Crippen molar-refractivity contribution in [2.75, 3.05) is 25.1 Å². The van der Waals surface area contributed by atoms with Crippen LogP contribution >= 0.6 is 11.8 Å². The normalized spacial score (nSPS) is 13.2. The summed E-state index contributed by atoms with van der Waals surface area (Å²) in [4.78, 5) is 63.4. The van der Waals surface area contributed by atoms with Crippen molar-refractivity contribution in [1.82, 2.24) is 16.0 Å². The van der Waals surface area contributed by atoms with Gasteiger partial charge in [0.25, 0.3) is 0 Å². The van der Waals surface area contributed by atoms with Crippen LogP contribution in [0.5, 0.6) is 0 Å². The molecule has 0 aliphatic carbocycles. The van der Waals surface area contributed by atoms with Gasteiger partial charge in [0.05, 0.1) is 13.0 Å². The van der Waals surface area contributed by atoms with E-state index in [2.05, 4.69) is 20.9 Å². The van der Waals surface area contributed by atoms with E-state index >= 15 is 0 Å². The fourth-order valence-corrected chi connectivity index (χ4v) is 2.95. The number of nitrogens with zero attached hydrogens (tertiary/aromatic N) is 1. The van der Waals surface area contributed by atoms with Gasteiger partial charge in [-0.1, -0.05) is 0 Å². The van der Waals surface area contributed by atoms with Crippen LogP contribution in [0.2, 0.25) is 0 Å². The SMILES string of the molecule is CSCCC(NC(=O)C(CCCN=C(N)N)NC(=O)C(CC(N)=O)NC(=O)CN)C(=O)O. The van der Waals surface area contributed by atoms with Crippen LogP contribution in [-0.4, -0.2) is 83.9 Å². The van der Waals surface area contributed by atoms with Crippen LogP contribution in [0.4, 0.5) is 0 Å². The molecule has 0 saturated carbocycles. The monoisotopic (exact) mass is 476 g/mol. The number of aliphatic carboxylic acids is 1. The molecule has 0 radical (unpaired) electrons. The quantitative estimate of drug-likeness (QED) is 0.0611. The Balaban J connectivity index is 5.45. The highest BCUT2D eigenvalue weighted by molar-refractivity contribution is 7.98. The first kappa shape index (κ1) is 28.9. The van der Waals surface area contributed by atoms with E-state index in [9.17, 15) is 29.1 Å². The number of nitrogens with two attached hydrogens (primary N) is 4. The number of primary amides is 1. The molecule has 3 unspecified atom stereocenters. The van der Waals surface area contributed by atoms with Crippen molar-refractivity contribution in [1.29, 1.82) is 0 Å². The molecule has 0 spiro atoms. The Bertz CT molecular complexity index is 701. The van der Waals surface area contributed by atoms with Gasteiger partial charge in [-0.2, -0.15) is 11.8 Å². The predicted octanol–water partition coefficient (Wildman–Crippen LogP) is -3.83. The van der Waals surface area contributed by atoms with Gasteiger partial charge in [-0.15, -0.1) is 0 Å². The molecule has 14 nitrogen and oxygen atoms in total. The van der Waals surface area contributed by atoms with Gasteiger partial charge < -0.3 is 44.0 Å². The van der Waals surface area contributed by atoms with E-state index in [0.29, 0.717) is 5.75 Å². The lowest BCUT2D eigenvalue weighted by atomic mass is 10.1. The van der Waals surface area contributed by atoms with E-state index in [-0.39, 0.29) is 31.8 Å². The van der Waals surface area contributed by atoms with E-state index in [1.165, 1.54) is 11.8 Å². The Morgan fingerprint density at radius 1 is 0.938 bits per heavy atom. The summed E-state index contributed by atoms with van der Waals surface area (Å²) in [5.41, 5.74) is 20.9. The summed E-state index contributed by atoms with van der Waals surface area (Å²) in [5, 5.41) is 16.4. The zero-order chi connectivity index (χ0) is 24.7. The van der Waals surface area contributed by atoms with Crippen molar-refractivity contribution < 1.29 is 29.1 Å². The van der Waals surface area contributed by atoms with Gasteiger partial charge >= 0.3 is 5.97 Å². The number of hydrogen-bond acceptors (Lipinski definition) is 8. The summed E-state index contributed by atoms with van der Waals surface area (Å²) in [6.07, 6.45) is 1.77. The molecule has 0 aromatic rings. The summed E-state index contributed by atoms with van der Waals surface area (Å²) < 4.78 is 0. The van der Waals surface area contributed by atoms with Crippen LogP contribution in [0.25, 0.3) is 0 Å². The van der Waals surface area contributed by atoms with Gasteiger partial charge in [-0.25, -0.2) is 4.79 Å². The van der Waals surface area contributed by atoms with E-state index in [1.54, 1.807) is 6.26 Å². The highest BCUT2D eigenvalue weighted by Crippen LogP contribution is 2.05. The third kappa shape index (κ3) is 12.6. The molecule has 0 aliphatic rings. The molecule has 32 heavy (non-hydrogen) atoms. The first-order valence-corrected chi connectivity index (χ1v) is 11.1. The topological polar surface area (TPSA) is 258 Å². The molecule has 0 bridgehead atoms. The number of guanidine groups is 1. The number of carbonyl (C=O) groups is 5. The van der Waals surface area contributed by atoms with Gasteiger partial charge in [0.1, 0.15) is 18.1 Å². The third-order valence-corrected chi connectivity index (χ3v) is 4.69. The Morgan fingerprint density at radius 3 is 2.03 bits per heavy atom. The third-order valence-electron chi connectivity index (χ3n) is 4.05. The number of nitrogens with one attached hydrogen (secondary N) is 3. The summed E-state index contributed by atoms with van der Waals surface area (Å²) in [6, 6.07) is -3.70. The number of amides is 4. The molecule has 12 N–H and O–H groups in total. The summed E-state index contributed by atoms with van der Waals surface area (Å²) in [7, 11) is 0. The van der Waals surface area contributed by atoms with Crippen molar-refractivity contribution in [2.24, 2.45) is 27.9 Å². The van der Waals surface area contributed by atoms with Gasteiger partial charge in [0, 0.05) is 6.54 Å². The lowest BCUT2D eigenvalue weighted by molar-refractivity contribution is -0.142. The maximum atomic E-state index is 12.7. The van der Waals surface area contributed by atoms with Crippen LogP contribution in [-0.2, 0) is 24.0 Å². The minimum Gasteiger partial charge on any atom is -0.480 e. The first-order valence-electron chi connectivity index (χ1n) is 9.67. The maximum Gasteiger partial charge on any atom is 0.326 e. The zero-order valence-electron chi connectivity index (χ0n) is 17.8. The molecule has 0 fully saturated rings. The lowest BCUT2D eigenvalue weighted by Crippen LogP contribution is -2.56. The Kier molecular flexibility index (Phi) is 14.2. The summed E-state index contributed by atoms with van der Waals surface area (Å²) >= 11 is 1.41. The van der Waals surface area contributed by atoms with Gasteiger partial charge in [0.15, 0.2) is 5.96 Å². The Labute approximate surface area is 189 Å². The Hall–Kier alpha value is -3.07. The fraction of sp³-hybridized carbons (Fsp3) is 0.647. The second-order valence-electron chi connectivity index (χ2n) is 6.69. The molecule has 0 rings (SSSR count). The standard InChI is InChI=1S/C17H32N8O6S/c1-32-6-4-10(16(30)31)25-14(28)9(3-2-5-22-17(20)21)24-15(29)11(7-12(19)26)23-13(27)8-18/h9-11H,2-8,18H2,1H3,(H2,19,26)(H,23,27)(H,24,29)(H,25,28)(H,30,31)(H4,20,21,22). The average molecular weight is 477 g/mol. The minimum absolute atomic E-state index is 0.0529. The summed E-state index contributed by atoms with van der Waals surface area (Å²) in [5.74, 6) is -4.06. The molecule has 0 heterocycles. The van der Waals surface area contributed by atoms with Crippen molar-refractivity contribution in [3.8, 4) is 0 Å². The van der Waals surface area contributed by atoms with E-state index in [4.69, 9.17) is 22.9 Å². The number of carboxylic acids is 1. The van der Waals surface area contributed by atoms with Crippen LogP contribution in [0.1, 0.15) is 25.7 Å². The zero-order valence-corrected chi connectivity index (χ0v) is 18.7. The number of hydrogen-bond donors (Lipinski definition) is 8. The van der Waals surface area contributed by atoms with Gasteiger partial charge in [-0.3, -0.25) is 24.2 Å². The first-order chi connectivity index (χ1) is 15.0. The fourth-order valence-electron chi connectivity index (χ4n) is 2.47. The van der Waals surface area contributed by atoms with E-state index in [1.807, 2.05) is 0 Å². The molecule has 4 amide bonds. The van der Waals surface area contributed by atoms with Crippen molar-refractivity contribution >= 4 is 47.3 Å². The smallest absolute Gasteiger partial charge is 0.326 e. The van der Waals surface area contributed by atoms with Gasteiger partial charge in [0.2, 0.25) is 23.6 Å². The van der Waals surface area contributed by atoms with Crippen molar-refractivity contribution in [3.63, 3.8) is 0 Å². The molecule has 0 aromatic carbocycles. The predicted molar refractivity (Wildman–Crippen MR) is 119 cm³/mol. The highest BCUT2D eigenvalue weighted by atomic mass is 32.2. The number of aliphatic imine (C=N–C) groups is 1. The molecule has 3 atom stereocenters. The maximum absolute atomic E-state index is 12.7. The second kappa shape index (κ2) is 15.7.